The summed E-state index contributed by atoms with van der Waals surface area (Å²) >= 11 is 0. The number of rotatable bonds is 4. The van der Waals surface area contributed by atoms with Crippen molar-refractivity contribution in [3.05, 3.63) is 48.3 Å². The van der Waals surface area contributed by atoms with Gasteiger partial charge in [0.1, 0.15) is 0 Å². The second-order valence-electron chi connectivity index (χ2n) is 5.81. The fraction of sp³-hybridized carbons (Fsp3) is 0.412. The number of carbonyl (C=O) groups excluding carboxylic acids is 1. The molecule has 2 N–H and O–H groups in total. The highest BCUT2D eigenvalue weighted by atomic mass is 16.3. The normalized spacial score (nSPS) is 18.0. The van der Waals surface area contributed by atoms with Crippen LogP contribution in [0.1, 0.15) is 18.5 Å². The van der Waals surface area contributed by atoms with E-state index in [1.165, 1.54) is 0 Å². The molecule has 1 aromatic heterocycles. The Morgan fingerprint density at radius 3 is 2.91 bits per heavy atom. The van der Waals surface area contributed by atoms with Gasteiger partial charge in [0.2, 0.25) is 0 Å². The molecule has 6 nitrogen and oxygen atoms in total. The Bertz CT molecular complexity index is 641. The van der Waals surface area contributed by atoms with E-state index >= 15 is 0 Å². The van der Waals surface area contributed by atoms with Crippen LogP contribution in [-0.4, -0.2) is 51.6 Å². The molecule has 1 aliphatic heterocycles. The average molecular weight is 314 g/mol. The highest BCUT2D eigenvalue weighted by Gasteiger charge is 2.21. The van der Waals surface area contributed by atoms with Gasteiger partial charge in [-0.15, -0.1) is 0 Å². The summed E-state index contributed by atoms with van der Waals surface area (Å²) in [6.45, 7) is 1.68. The number of benzene rings is 1. The highest BCUT2D eigenvalue weighted by molar-refractivity contribution is 5.74. The monoisotopic (exact) mass is 314 g/mol. The molecule has 0 bridgehead atoms. The summed E-state index contributed by atoms with van der Waals surface area (Å²) < 4.78 is 1.83. The van der Waals surface area contributed by atoms with Crippen LogP contribution >= 0.6 is 0 Å². The van der Waals surface area contributed by atoms with E-state index < -0.39 is 6.10 Å². The van der Waals surface area contributed by atoms with Gasteiger partial charge in [-0.25, -0.2) is 9.48 Å². The van der Waals surface area contributed by atoms with E-state index in [2.05, 4.69) is 10.4 Å². The third kappa shape index (κ3) is 4.10. The van der Waals surface area contributed by atoms with Gasteiger partial charge in [-0.2, -0.15) is 5.10 Å². The maximum Gasteiger partial charge on any atom is 0.317 e. The second kappa shape index (κ2) is 7.28. The van der Waals surface area contributed by atoms with Gasteiger partial charge in [0.15, 0.2) is 0 Å². The maximum atomic E-state index is 12.0. The van der Waals surface area contributed by atoms with Gasteiger partial charge >= 0.3 is 6.03 Å². The van der Waals surface area contributed by atoms with E-state index in [1.807, 2.05) is 47.3 Å². The maximum absolute atomic E-state index is 12.0. The van der Waals surface area contributed by atoms with Crippen molar-refractivity contribution in [1.82, 2.24) is 20.0 Å². The topological polar surface area (TPSA) is 70.4 Å². The lowest BCUT2D eigenvalue weighted by molar-refractivity contribution is 0.0843. The Kier molecular flexibility index (Phi) is 4.92. The largest absolute Gasteiger partial charge is 0.391 e. The fourth-order valence-corrected chi connectivity index (χ4v) is 2.77. The third-order valence-electron chi connectivity index (χ3n) is 4.01. The number of aromatic nitrogens is 2. The van der Waals surface area contributed by atoms with Crippen LogP contribution < -0.4 is 5.32 Å². The van der Waals surface area contributed by atoms with Gasteiger partial charge in [-0.3, -0.25) is 0 Å². The lowest BCUT2D eigenvalue weighted by atomic mass is 10.1. The van der Waals surface area contributed by atoms with E-state index in [-0.39, 0.29) is 6.03 Å². The van der Waals surface area contributed by atoms with Crippen LogP contribution in [0.2, 0.25) is 0 Å². The summed E-state index contributed by atoms with van der Waals surface area (Å²) in [6, 6.07) is 11.8. The van der Waals surface area contributed by atoms with Crippen molar-refractivity contribution >= 4 is 6.03 Å². The summed E-state index contributed by atoms with van der Waals surface area (Å²) in [4.78, 5) is 13.7. The van der Waals surface area contributed by atoms with E-state index in [4.69, 9.17) is 0 Å². The first-order chi connectivity index (χ1) is 11.2. The molecule has 1 aromatic carbocycles. The number of nitrogens with zero attached hydrogens (tertiary/aromatic N) is 3. The standard InChI is InChI=1S/C17H22N4O2/c22-16-7-4-11-20(13-16)17(23)18-10-8-14-9-12-21(19-14)15-5-2-1-3-6-15/h1-3,5-6,9,12,16,22H,4,7-8,10-11,13H2,(H,18,23)/t16-/m0/s1. The number of β-amino-alcohol motifs (C(OH)–C–C–N with tert-alkyl or cyclic N) is 1. The molecule has 0 spiro atoms. The number of nitrogens with one attached hydrogen (secondary N) is 1. The second-order valence-corrected chi connectivity index (χ2v) is 5.81. The molecule has 1 atom stereocenters. The summed E-state index contributed by atoms with van der Waals surface area (Å²) in [6.07, 6.45) is 3.85. The lowest BCUT2D eigenvalue weighted by Gasteiger charge is -2.30. The predicted molar refractivity (Wildman–Crippen MR) is 87.5 cm³/mol. The summed E-state index contributed by atoms with van der Waals surface area (Å²) in [7, 11) is 0. The SMILES string of the molecule is O=C(NCCc1ccn(-c2ccccc2)n1)N1CCC[C@H](O)C1. The number of amides is 2. The number of aliphatic hydroxyl groups is 1. The quantitative estimate of drug-likeness (QED) is 0.900. The van der Waals surface area contributed by atoms with E-state index in [0.717, 1.165) is 24.2 Å². The summed E-state index contributed by atoms with van der Waals surface area (Å²) in [5.74, 6) is 0. The first kappa shape index (κ1) is 15.6. The van der Waals surface area contributed by atoms with Crippen molar-refractivity contribution in [3.63, 3.8) is 0 Å². The highest BCUT2D eigenvalue weighted by Crippen LogP contribution is 2.10. The minimum absolute atomic E-state index is 0.105. The van der Waals surface area contributed by atoms with Gasteiger partial charge in [0.25, 0.3) is 0 Å². The minimum Gasteiger partial charge on any atom is -0.391 e. The van der Waals surface area contributed by atoms with Crippen molar-refractivity contribution in [2.24, 2.45) is 0 Å². The Labute approximate surface area is 135 Å². The van der Waals surface area contributed by atoms with Crippen LogP contribution in [-0.2, 0) is 6.42 Å². The number of hydrogen-bond donors (Lipinski definition) is 2. The number of carbonyl (C=O) groups is 1. The van der Waals surface area contributed by atoms with Gasteiger partial charge in [-0.1, -0.05) is 18.2 Å². The molecule has 2 heterocycles. The molecule has 1 saturated heterocycles. The molecule has 0 saturated carbocycles. The zero-order chi connectivity index (χ0) is 16.1. The van der Waals surface area contributed by atoms with Crippen LogP contribution in [0.5, 0.6) is 0 Å². The molecule has 3 rings (SSSR count). The van der Waals surface area contributed by atoms with Gasteiger partial charge in [0.05, 0.1) is 17.5 Å². The molecule has 0 aliphatic carbocycles. The Balaban J connectivity index is 1.47. The molecule has 122 valence electrons. The van der Waals surface area contributed by atoms with E-state index in [9.17, 15) is 9.90 Å². The third-order valence-corrected chi connectivity index (χ3v) is 4.01. The summed E-state index contributed by atoms with van der Waals surface area (Å²) in [5, 5.41) is 17.0. The zero-order valence-electron chi connectivity index (χ0n) is 13.1. The van der Waals surface area contributed by atoms with Crippen molar-refractivity contribution in [3.8, 4) is 5.69 Å². The number of hydrogen-bond acceptors (Lipinski definition) is 3. The number of piperidine rings is 1. The molecule has 2 aromatic rings. The first-order valence-corrected chi connectivity index (χ1v) is 8.03. The van der Waals surface area contributed by atoms with Crippen LogP contribution in [0.4, 0.5) is 4.79 Å². The van der Waals surface area contributed by atoms with Gasteiger partial charge < -0.3 is 15.3 Å². The van der Waals surface area contributed by atoms with Gasteiger partial charge in [-0.05, 0) is 31.0 Å². The Morgan fingerprint density at radius 1 is 1.30 bits per heavy atom. The Morgan fingerprint density at radius 2 is 2.13 bits per heavy atom. The molecule has 1 aliphatic rings. The summed E-state index contributed by atoms with van der Waals surface area (Å²) in [5.41, 5.74) is 1.96. The molecular formula is C17H22N4O2. The van der Waals surface area contributed by atoms with E-state index in [0.29, 0.717) is 26.1 Å². The number of likely N-dealkylation sites (tertiary alicyclic amines) is 1. The zero-order valence-corrected chi connectivity index (χ0v) is 13.1. The van der Waals surface area contributed by atoms with Crippen molar-refractivity contribution in [1.29, 1.82) is 0 Å². The van der Waals surface area contributed by atoms with Crippen LogP contribution in [0.25, 0.3) is 5.69 Å². The molecule has 23 heavy (non-hydrogen) atoms. The van der Waals surface area contributed by atoms with Gasteiger partial charge in [0, 0.05) is 32.3 Å². The molecular weight excluding hydrogens is 292 g/mol. The Hall–Kier alpha value is -2.34. The smallest absolute Gasteiger partial charge is 0.317 e. The molecule has 0 unspecified atom stereocenters. The molecule has 0 radical (unpaired) electrons. The van der Waals surface area contributed by atoms with Crippen molar-refractivity contribution < 1.29 is 9.90 Å². The molecule has 6 heteroatoms. The lowest BCUT2D eigenvalue weighted by Crippen LogP contribution is -2.47. The average Bonchev–Trinajstić information content (AvgIpc) is 3.04. The van der Waals surface area contributed by atoms with E-state index in [1.54, 1.807) is 4.90 Å². The number of para-hydroxylation sites is 1. The van der Waals surface area contributed by atoms with Crippen LogP contribution in [0.3, 0.4) is 0 Å². The fourth-order valence-electron chi connectivity index (χ4n) is 2.77. The van der Waals surface area contributed by atoms with Crippen molar-refractivity contribution in [2.45, 2.75) is 25.4 Å². The van der Waals surface area contributed by atoms with Crippen molar-refractivity contribution in [2.75, 3.05) is 19.6 Å². The predicted octanol–water partition coefficient (Wildman–Crippen LogP) is 1.58. The molecule has 2 amide bonds. The van der Waals surface area contributed by atoms with Crippen LogP contribution in [0, 0.1) is 0 Å². The molecule has 1 fully saturated rings. The number of urea groups is 1. The first-order valence-electron chi connectivity index (χ1n) is 8.03. The number of aliphatic hydroxyl groups excluding tert-OH is 1. The minimum atomic E-state index is -0.393. The van der Waals surface area contributed by atoms with Crippen LogP contribution in [0.15, 0.2) is 42.6 Å².